The summed E-state index contributed by atoms with van der Waals surface area (Å²) in [5, 5.41) is 16.1. The van der Waals surface area contributed by atoms with Crippen LogP contribution in [0, 0.1) is 0 Å². The largest absolute Gasteiger partial charge is 0.344 e. The smallest absolute Gasteiger partial charge is 0.274 e. The summed E-state index contributed by atoms with van der Waals surface area (Å²) in [5.41, 5.74) is 5.43. The molecule has 2 aromatic heterocycles. The van der Waals surface area contributed by atoms with Crippen LogP contribution >= 0.6 is 0 Å². The Bertz CT molecular complexity index is 2740. The van der Waals surface area contributed by atoms with Crippen LogP contribution in [0.3, 0.4) is 0 Å². The number of rotatable bonds is 12. The molecule has 0 unspecified atom stereocenters. The molecular weight excluding hydrogens is 761 g/mol. The van der Waals surface area contributed by atoms with Gasteiger partial charge in [-0.1, -0.05) is 121 Å². The monoisotopic (exact) mass is 802 g/mol. The fraction of sp³-hybridized carbons (Fsp3) is 0.0980. The number of anilines is 2. The number of amides is 4. The number of carbonyl (C=O) groups excluding carboxylic acids is 4. The molecule has 0 bridgehead atoms. The Hall–Kier alpha value is -7.98. The number of nitrogens with zero attached hydrogens (tertiary/aromatic N) is 2. The molecule has 0 spiro atoms. The van der Waals surface area contributed by atoms with Gasteiger partial charge in [0.05, 0.1) is 12.1 Å². The van der Waals surface area contributed by atoms with E-state index in [-0.39, 0.29) is 46.7 Å². The average molecular weight is 803 g/mol. The average Bonchev–Trinajstić information content (AvgIpc) is 3.28. The summed E-state index contributed by atoms with van der Waals surface area (Å²) in [4.78, 5) is 62.0. The fourth-order valence-electron chi connectivity index (χ4n) is 7.47. The number of pyridine rings is 2. The summed E-state index contributed by atoms with van der Waals surface area (Å²) in [5.74, 6) is -1.67. The minimum absolute atomic E-state index is 0.107. The van der Waals surface area contributed by atoms with E-state index < -0.39 is 11.8 Å². The lowest BCUT2D eigenvalue weighted by atomic mass is 9.99. The van der Waals surface area contributed by atoms with E-state index in [2.05, 4.69) is 31.2 Å². The van der Waals surface area contributed by atoms with Crippen molar-refractivity contribution in [3.63, 3.8) is 0 Å². The first kappa shape index (κ1) is 39.8. The van der Waals surface area contributed by atoms with E-state index in [1.54, 1.807) is 48.5 Å². The summed E-state index contributed by atoms with van der Waals surface area (Å²) in [6.45, 7) is 3.84. The second-order valence-electron chi connectivity index (χ2n) is 14.8. The van der Waals surface area contributed by atoms with Gasteiger partial charge < -0.3 is 21.3 Å². The summed E-state index contributed by atoms with van der Waals surface area (Å²) < 4.78 is 0. The van der Waals surface area contributed by atoms with E-state index >= 15 is 0 Å². The molecule has 2 heterocycles. The van der Waals surface area contributed by atoms with E-state index in [9.17, 15) is 19.2 Å². The highest BCUT2D eigenvalue weighted by atomic mass is 16.2. The lowest BCUT2D eigenvalue weighted by Gasteiger charge is -2.16. The molecule has 300 valence electrons. The van der Waals surface area contributed by atoms with Crippen LogP contribution in [0.25, 0.3) is 21.5 Å². The Balaban J connectivity index is 0.876. The minimum Gasteiger partial charge on any atom is -0.344 e. The number of hydrogen-bond donors (Lipinski definition) is 4. The van der Waals surface area contributed by atoms with Gasteiger partial charge >= 0.3 is 0 Å². The Kier molecular flexibility index (Phi) is 11.7. The third-order valence-corrected chi connectivity index (χ3v) is 10.5. The first-order valence-electron chi connectivity index (χ1n) is 20.0. The van der Waals surface area contributed by atoms with Crippen molar-refractivity contribution in [1.82, 2.24) is 20.6 Å². The molecular formula is C51H42N6O4. The van der Waals surface area contributed by atoms with Crippen LogP contribution in [0.5, 0.6) is 0 Å². The van der Waals surface area contributed by atoms with Crippen LogP contribution < -0.4 is 21.3 Å². The van der Waals surface area contributed by atoms with Crippen LogP contribution in [0.1, 0.15) is 90.1 Å². The zero-order chi connectivity index (χ0) is 42.3. The maximum Gasteiger partial charge on any atom is 0.274 e. The van der Waals surface area contributed by atoms with Gasteiger partial charge in [0.2, 0.25) is 0 Å². The topological polar surface area (TPSA) is 142 Å². The lowest BCUT2D eigenvalue weighted by molar-refractivity contribution is 0.0925. The molecule has 0 saturated carbocycles. The molecule has 10 heteroatoms. The maximum absolute atomic E-state index is 13.3. The van der Waals surface area contributed by atoms with Crippen molar-refractivity contribution in [1.29, 1.82) is 0 Å². The molecule has 0 saturated heterocycles. The second kappa shape index (κ2) is 17.9. The van der Waals surface area contributed by atoms with Crippen molar-refractivity contribution in [2.24, 2.45) is 0 Å². The van der Waals surface area contributed by atoms with Crippen molar-refractivity contribution in [3.8, 4) is 0 Å². The van der Waals surface area contributed by atoms with Crippen LogP contribution in [-0.2, 0) is 6.42 Å². The number of carbonyl (C=O) groups is 4. The van der Waals surface area contributed by atoms with E-state index in [4.69, 9.17) is 0 Å². The Morgan fingerprint density at radius 3 is 1.23 bits per heavy atom. The molecule has 61 heavy (non-hydrogen) atoms. The van der Waals surface area contributed by atoms with Crippen LogP contribution in [0.4, 0.5) is 11.4 Å². The quantitative estimate of drug-likeness (QED) is 0.0969. The van der Waals surface area contributed by atoms with Crippen molar-refractivity contribution < 1.29 is 19.2 Å². The molecule has 4 amide bonds. The SMILES string of the molecule is C[C@H](NC(=O)c1cccc(C(=O)Nc2cccc(Cc3cccc(NC(=O)c4cccc(C(=O)N[C@@H](C)c5cccc6ccccc56)n4)c3)c2)n1)c1cccc2ccccc12. The summed E-state index contributed by atoms with van der Waals surface area (Å²) >= 11 is 0. The van der Waals surface area contributed by atoms with Gasteiger partial charge in [-0.3, -0.25) is 19.2 Å². The van der Waals surface area contributed by atoms with Gasteiger partial charge in [0.25, 0.3) is 23.6 Å². The zero-order valence-corrected chi connectivity index (χ0v) is 33.6. The number of aromatic nitrogens is 2. The number of fused-ring (bicyclic) bond motifs is 2. The number of nitrogens with one attached hydrogen (secondary N) is 4. The van der Waals surface area contributed by atoms with Crippen molar-refractivity contribution in [2.75, 3.05) is 10.6 Å². The summed E-state index contributed by atoms with van der Waals surface area (Å²) in [7, 11) is 0. The third kappa shape index (κ3) is 9.34. The molecule has 10 nitrogen and oxygen atoms in total. The van der Waals surface area contributed by atoms with Crippen LogP contribution in [0.2, 0.25) is 0 Å². The van der Waals surface area contributed by atoms with Gasteiger partial charge in [-0.05, 0) is 113 Å². The first-order chi connectivity index (χ1) is 29.7. The molecule has 8 aromatic rings. The zero-order valence-electron chi connectivity index (χ0n) is 33.6. The normalized spacial score (nSPS) is 12.0. The minimum atomic E-state index is -0.451. The predicted molar refractivity (Wildman–Crippen MR) is 240 cm³/mol. The van der Waals surface area contributed by atoms with E-state index in [1.165, 1.54) is 0 Å². The highest BCUT2D eigenvalue weighted by Crippen LogP contribution is 2.26. The van der Waals surface area contributed by atoms with Gasteiger partial charge in [-0.2, -0.15) is 0 Å². The van der Waals surface area contributed by atoms with Gasteiger partial charge in [-0.25, -0.2) is 9.97 Å². The predicted octanol–water partition coefficient (Wildman–Crippen LogP) is 9.86. The molecule has 0 aliphatic rings. The molecule has 2 atom stereocenters. The highest BCUT2D eigenvalue weighted by Gasteiger charge is 2.19. The van der Waals surface area contributed by atoms with Crippen molar-refractivity contribution >= 4 is 56.5 Å². The summed E-state index contributed by atoms with van der Waals surface area (Å²) in [6, 6.07) is 51.9. The fourth-order valence-corrected chi connectivity index (χ4v) is 7.47. The van der Waals surface area contributed by atoms with Crippen molar-refractivity contribution in [3.05, 3.63) is 215 Å². The van der Waals surface area contributed by atoms with Crippen LogP contribution in [-0.4, -0.2) is 33.6 Å². The van der Waals surface area contributed by atoms with Gasteiger partial charge in [0.15, 0.2) is 0 Å². The number of benzene rings is 6. The molecule has 0 fully saturated rings. The highest BCUT2D eigenvalue weighted by molar-refractivity contribution is 6.05. The van der Waals surface area contributed by atoms with E-state index in [0.717, 1.165) is 43.8 Å². The lowest BCUT2D eigenvalue weighted by Crippen LogP contribution is -2.28. The molecule has 4 N–H and O–H groups in total. The van der Waals surface area contributed by atoms with E-state index in [1.807, 2.05) is 135 Å². The molecule has 8 rings (SSSR count). The van der Waals surface area contributed by atoms with Gasteiger partial charge in [0.1, 0.15) is 22.8 Å². The molecule has 0 radical (unpaired) electrons. The third-order valence-electron chi connectivity index (χ3n) is 10.5. The van der Waals surface area contributed by atoms with Gasteiger partial charge in [-0.15, -0.1) is 0 Å². The van der Waals surface area contributed by atoms with Crippen LogP contribution in [0.15, 0.2) is 170 Å². The standard InChI is InChI=1S/C51H42N6O4/c1-32(40-23-9-17-36-15-3-5-21-42(36)40)52-48(58)44-25-11-27-46(56-44)50(60)54-38-19-7-13-34(30-38)29-35-14-8-20-39(31-35)55-51(61)47-28-12-26-45(57-47)49(59)53-33(2)41-24-10-18-37-16-4-6-22-43(37)41/h3-28,30-33H,29H2,1-2H3,(H,52,58)(H,53,59)(H,54,60)(H,55,61)/t32-,33-/m0/s1. The first-order valence-corrected chi connectivity index (χ1v) is 20.0. The molecule has 0 aliphatic heterocycles. The Morgan fingerprint density at radius 1 is 0.426 bits per heavy atom. The number of hydrogen-bond acceptors (Lipinski definition) is 6. The molecule has 6 aromatic carbocycles. The van der Waals surface area contributed by atoms with Gasteiger partial charge in [0, 0.05) is 11.4 Å². The summed E-state index contributed by atoms with van der Waals surface area (Å²) in [6.07, 6.45) is 0.513. The van der Waals surface area contributed by atoms with Crippen molar-refractivity contribution in [2.45, 2.75) is 32.4 Å². The Labute approximate surface area is 353 Å². The second-order valence-corrected chi connectivity index (χ2v) is 14.8. The van der Waals surface area contributed by atoms with E-state index in [0.29, 0.717) is 17.8 Å². The Morgan fingerprint density at radius 2 is 0.787 bits per heavy atom. The molecule has 0 aliphatic carbocycles. The maximum atomic E-state index is 13.3.